The Hall–Kier alpha value is -5.64. The molecule has 42 heavy (non-hydrogen) atoms. The highest BCUT2D eigenvalue weighted by molar-refractivity contribution is 6.04. The first-order chi connectivity index (χ1) is 20.1. The summed E-state index contributed by atoms with van der Waals surface area (Å²) in [7, 11) is 1.43. The molecule has 0 saturated carbocycles. The van der Waals surface area contributed by atoms with Gasteiger partial charge in [0, 0.05) is 34.9 Å². The highest BCUT2D eigenvalue weighted by Crippen LogP contribution is 2.48. The third kappa shape index (κ3) is 4.21. The van der Waals surface area contributed by atoms with E-state index in [2.05, 4.69) is 0 Å². The standard InChI is InChI=1S/C32H24O10/c1-14-24(40-2)13-27-30(31(14)39)23(38)12-26(41-27)16-5-8-19(34)18(9-16)28-20(35)10-21(36)29-22(37)11-25(42-32(28)29)15-3-6-17(33)7-4-15/h3-11,13,26,33-36,39H,12H2,1-2H3. The molecule has 10 nitrogen and oxygen atoms in total. The third-order valence-corrected chi connectivity index (χ3v) is 7.38. The maximum atomic E-state index is 13.1. The average Bonchev–Trinajstić information content (AvgIpc) is 2.95. The van der Waals surface area contributed by atoms with Crippen LogP contribution in [0, 0.1) is 6.92 Å². The van der Waals surface area contributed by atoms with Crippen LogP contribution in [-0.4, -0.2) is 38.4 Å². The molecule has 4 aromatic carbocycles. The molecule has 0 aliphatic carbocycles. The number of ketones is 1. The van der Waals surface area contributed by atoms with Crippen LogP contribution in [0.5, 0.6) is 40.2 Å². The second-order valence-corrected chi connectivity index (χ2v) is 9.95. The number of methoxy groups -OCH3 is 1. The van der Waals surface area contributed by atoms with Gasteiger partial charge in [-0.25, -0.2) is 0 Å². The largest absolute Gasteiger partial charge is 0.508 e. The Labute approximate surface area is 237 Å². The van der Waals surface area contributed by atoms with Crippen molar-refractivity contribution in [2.75, 3.05) is 7.11 Å². The smallest absolute Gasteiger partial charge is 0.197 e. The van der Waals surface area contributed by atoms with Gasteiger partial charge in [0.1, 0.15) is 63.1 Å². The van der Waals surface area contributed by atoms with Crippen LogP contribution >= 0.6 is 0 Å². The third-order valence-electron chi connectivity index (χ3n) is 7.38. The van der Waals surface area contributed by atoms with Gasteiger partial charge in [0.15, 0.2) is 16.8 Å². The lowest BCUT2D eigenvalue weighted by Gasteiger charge is -2.27. The number of benzene rings is 4. The Balaban J connectivity index is 1.51. The van der Waals surface area contributed by atoms with Crippen molar-refractivity contribution in [1.82, 2.24) is 0 Å². The lowest BCUT2D eigenvalue weighted by molar-refractivity contribution is 0.0844. The monoisotopic (exact) mass is 568 g/mol. The van der Waals surface area contributed by atoms with Crippen molar-refractivity contribution >= 4 is 16.8 Å². The Morgan fingerprint density at radius 1 is 0.833 bits per heavy atom. The van der Waals surface area contributed by atoms with E-state index < -0.39 is 23.0 Å². The number of hydrogen-bond acceptors (Lipinski definition) is 10. The molecule has 1 aliphatic rings. The summed E-state index contributed by atoms with van der Waals surface area (Å²) < 4.78 is 17.4. The highest BCUT2D eigenvalue weighted by atomic mass is 16.5. The van der Waals surface area contributed by atoms with Crippen LogP contribution in [0.25, 0.3) is 33.4 Å². The second-order valence-electron chi connectivity index (χ2n) is 9.95. The predicted octanol–water partition coefficient (Wildman–Crippen LogP) is 5.68. The number of hydrogen-bond donors (Lipinski definition) is 5. The maximum absolute atomic E-state index is 13.1. The summed E-state index contributed by atoms with van der Waals surface area (Å²) in [5.74, 6) is -1.29. The number of aromatic hydroxyl groups is 5. The molecule has 1 atom stereocenters. The Bertz CT molecular complexity index is 1970. The Kier molecular flexibility index (Phi) is 6.18. The van der Waals surface area contributed by atoms with Gasteiger partial charge in [-0.2, -0.15) is 0 Å². The van der Waals surface area contributed by atoms with Crippen molar-refractivity contribution in [3.63, 3.8) is 0 Å². The zero-order valence-corrected chi connectivity index (χ0v) is 22.3. The predicted molar refractivity (Wildman–Crippen MR) is 152 cm³/mol. The van der Waals surface area contributed by atoms with Gasteiger partial charge in [-0.15, -0.1) is 0 Å². The van der Waals surface area contributed by atoms with Gasteiger partial charge in [0.05, 0.1) is 19.1 Å². The summed E-state index contributed by atoms with van der Waals surface area (Å²) in [6, 6.07) is 14.0. The molecule has 212 valence electrons. The molecule has 0 fully saturated rings. The normalized spacial score (nSPS) is 14.4. The molecule has 0 bridgehead atoms. The Morgan fingerprint density at radius 2 is 1.57 bits per heavy atom. The van der Waals surface area contributed by atoms with Crippen LogP contribution in [0.1, 0.15) is 34.0 Å². The number of phenolic OH excluding ortho intramolecular Hbond substituents is 5. The fraction of sp³-hybridized carbons (Fsp3) is 0.125. The van der Waals surface area contributed by atoms with Crippen LogP contribution < -0.4 is 14.9 Å². The summed E-state index contributed by atoms with van der Waals surface area (Å²) in [4.78, 5) is 26.2. The summed E-state index contributed by atoms with van der Waals surface area (Å²) >= 11 is 0. The number of ether oxygens (including phenoxy) is 2. The molecule has 1 aromatic heterocycles. The Morgan fingerprint density at radius 3 is 2.29 bits per heavy atom. The topological polar surface area (TPSA) is 167 Å². The van der Waals surface area contributed by atoms with Gasteiger partial charge < -0.3 is 39.4 Å². The molecule has 0 spiro atoms. The van der Waals surface area contributed by atoms with Crippen molar-refractivity contribution in [2.45, 2.75) is 19.4 Å². The van der Waals surface area contributed by atoms with Crippen LogP contribution in [-0.2, 0) is 0 Å². The first-order valence-electron chi connectivity index (χ1n) is 12.8. The van der Waals surface area contributed by atoms with Gasteiger partial charge in [-0.3, -0.25) is 9.59 Å². The minimum atomic E-state index is -0.832. The molecule has 2 heterocycles. The van der Waals surface area contributed by atoms with Gasteiger partial charge in [0.2, 0.25) is 0 Å². The first-order valence-corrected chi connectivity index (χ1v) is 12.8. The SMILES string of the molecule is COc1cc2c(c(O)c1C)C(=O)CC(c1ccc(O)c(-c3c(O)cc(O)c4c(=O)cc(-c5ccc(O)cc5)oc34)c1)O2. The van der Waals surface area contributed by atoms with Gasteiger partial charge in [-0.1, -0.05) is 6.07 Å². The lowest BCUT2D eigenvalue weighted by atomic mass is 9.91. The van der Waals surface area contributed by atoms with E-state index in [0.29, 0.717) is 22.4 Å². The molecule has 1 aliphatic heterocycles. The second kappa shape index (κ2) is 9.77. The van der Waals surface area contributed by atoms with Crippen molar-refractivity contribution in [3.8, 4) is 62.7 Å². The van der Waals surface area contributed by atoms with Crippen LogP contribution in [0.3, 0.4) is 0 Å². The zero-order chi connectivity index (χ0) is 29.9. The van der Waals surface area contributed by atoms with Crippen molar-refractivity contribution in [3.05, 3.63) is 87.6 Å². The summed E-state index contributed by atoms with van der Waals surface area (Å²) in [6.07, 6.45) is -0.958. The molecule has 0 saturated heterocycles. The van der Waals surface area contributed by atoms with E-state index in [0.717, 1.165) is 6.07 Å². The van der Waals surface area contributed by atoms with Crippen molar-refractivity contribution in [1.29, 1.82) is 0 Å². The number of rotatable bonds is 4. The maximum Gasteiger partial charge on any atom is 0.197 e. The minimum absolute atomic E-state index is 0.00873. The van der Waals surface area contributed by atoms with Crippen molar-refractivity contribution < 1.29 is 44.2 Å². The molecule has 0 radical (unpaired) electrons. The number of phenols is 5. The van der Waals surface area contributed by atoms with E-state index in [1.807, 2.05) is 0 Å². The summed E-state index contributed by atoms with van der Waals surface area (Å²) in [5.41, 5.74) is 0.529. The highest BCUT2D eigenvalue weighted by Gasteiger charge is 2.33. The fourth-order valence-electron chi connectivity index (χ4n) is 5.23. The summed E-state index contributed by atoms with van der Waals surface area (Å²) in [6.45, 7) is 1.62. The molecule has 0 amide bonds. The van der Waals surface area contributed by atoms with E-state index in [1.165, 1.54) is 55.6 Å². The molecular formula is C32H24O10. The van der Waals surface area contributed by atoms with E-state index >= 15 is 0 Å². The van der Waals surface area contributed by atoms with Gasteiger partial charge >= 0.3 is 0 Å². The quantitative estimate of drug-likeness (QED) is 0.182. The van der Waals surface area contributed by atoms with E-state index in [4.69, 9.17) is 13.9 Å². The summed E-state index contributed by atoms with van der Waals surface area (Å²) in [5, 5.41) is 52.4. The number of fused-ring (bicyclic) bond motifs is 2. The number of carbonyl (C=O) groups excluding carboxylic acids is 1. The van der Waals surface area contributed by atoms with E-state index in [1.54, 1.807) is 13.0 Å². The average molecular weight is 569 g/mol. The van der Waals surface area contributed by atoms with E-state index in [-0.39, 0.29) is 68.6 Å². The molecule has 5 N–H and O–H groups in total. The fourth-order valence-corrected chi connectivity index (χ4v) is 5.23. The molecule has 10 heteroatoms. The van der Waals surface area contributed by atoms with E-state index in [9.17, 15) is 35.1 Å². The van der Waals surface area contributed by atoms with Crippen LogP contribution in [0.4, 0.5) is 0 Å². The molecule has 1 unspecified atom stereocenters. The lowest BCUT2D eigenvalue weighted by Crippen LogP contribution is -2.21. The molecule has 6 rings (SSSR count). The number of Topliss-reactive ketones (excluding diaryl/α,β-unsaturated/α-hetero) is 1. The van der Waals surface area contributed by atoms with Gasteiger partial charge in [-0.05, 0) is 48.9 Å². The van der Waals surface area contributed by atoms with Crippen LogP contribution in [0.15, 0.2) is 69.9 Å². The minimum Gasteiger partial charge on any atom is -0.508 e. The van der Waals surface area contributed by atoms with Gasteiger partial charge in [0.25, 0.3) is 0 Å². The van der Waals surface area contributed by atoms with Crippen LogP contribution in [0.2, 0.25) is 0 Å². The number of carbonyl (C=O) groups is 1. The molecule has 5 aromatic rings. The first kappa shape index (κ1) is 26.6. The molecular weight excluding hydrogens is 544 g/mol. The zero-order valence-electron chi connectivity index (χ0n) is 22.3. The van der Waals surface area contributed by atoms with Crippen molar-refractivity contribution in [2.24, 2.45) is 0 Å².